The molecule has 1 aliphatic rings. The molecule has 1 aliphatic heterocycles. The Morgan fingerprint density at radius 1 is 1.36 bits per heavy atom. The Morgan fingerprint density at radius 3 is 2.77 bits per heavy atom. The highest BCUT2D eigenvalue weighted by Gasteiger charge is 2.23. The minimum atomic E-state index is -0.260. The van der Waals surface area contributed by atoms with Crippen molar-refractivity contribution >= 4 is 12.4 Å². The van der Waals surface area contributed by atoms with E-state index in [1.165, 1.54) is 12.1 Å². The first-order valence-electron chi connectivity index (χ1n) is 7.30. The van der Waals surface area contributed by atoms with Gasteiger partial charge in [-0.25, -0.2) is 9.37 Å². The van der Waals surface area contributed by atoms with E-state index >= 15 is 0 Å². The molecular weight excluding hydrogens is 305 g/mol. The minimum Gasteiger partial charge on any atom is -0.444 e. The minimum absolute atomic E-state index is 0. The molecule has 2 N–H and O–H groups in total. The van der Waals surface area contributed by atoms with Gasteiger partial charge < -0.3 is 10.2 Å². The second kappa shape index (κ2) is 7.22. The summed E-state index contributed by atoms with van der Waals surface area (Å²) in [6, 6.07) is 6.47. The molecule has 0 bridgehead atoms. The van der Waals surface area contributed by atoms with Crippen molar-refractivity contribution < 1.29 is 8.81 Å². The Kier molecular flexibility index (Phi) is 5.56. The number of benzene rings is 1. The van der Waals surface area contributed by atoms with Gasteiger partial charge in [0.15, 0.2) is 0 Å². The van der Waals surface area contributed by atoms with Gasteiger partial charge in [0.25, 0.3) is 0 Å². The van der Waals surface area contributed by atoms with Gasteiger partial charge >= 0.3 is 0 Å². The SMILES string of the molecule is CC1CN(Cc2coc(-c3ccc(F)cc3)n2)CCC1N.Cl. The van der Waals surface area contributed by atoms with Gasteiger partial charge in [0.05, 0.1) is 5.69 Å². The van der Waals surface area contributed by atoms with E-state index in [0.29, 0.717) is 17.9 Å². The molecule has 0 aliphatic carbocycles. The fourth-order valence-electron chi connectivity index (χ4n) is 2.73. The van der Waals surface area contributed by atoms with Crippen molar-refractivity contribution in [3.8, 4) is 11.5 Å². The molecule has 1 saturated heterocycles. The number of halogens is 2. The van der Waals surface area contributed by atoms with Gasteiger partial charge in [0.1, 0.15) is 12.1 Å². The smallest absolute Gasteiger partial charge is 0.226 e. The number of hydrogen-bond donors (Lipinski definition) is 1. The zero-order valence-corrected chi connectivity index (χ0v) is 13.4. The van der Waals surface area contributed by atoms with Crippen LogP contribution in [-0.2, 0) is 6.54 Å². The van der Waals surface area contributed by atoms with Crippen molar-refractivity contribution in [2.24, 2.45) is 11.7 Å². The summed E-state index contributed by atoms with van der Waals surface area (Å²) in [6.07, 6.45) is 2.70. The lowest BCUT2D eigenvalue weighted by molar-refractivity contribution is 0.156. The normalized spacial score (nSPS) is 22.3. The molecule has 0 spiro atoms. The first-order valence-corrected chi connectivity index (χ1v) is 7.30. The van der Waals surface area contributed by atoms with Gasteiger partial charge in [-0.2, -0.15) is 0 Å². The highest BCUT2D eigenvalue weighted by atomic mass is 35.5. The maximum atomic E-state index is 12.9. The molecule has 4 nitrogen and oxygen atoms in total. The standard InChI is InChI=1S/C16H20FN3O.ClH/c1-11-8-20(7-6-15(11)18)9-14-10-21-16(19-14)12-2-4-13(17)5-3-12;/h2-5,10-11,15H,6-9,18H2,1H3;1H. The zero-order valence-electron chi connectivity index (χ0n) is 12.5. The van der Waals surface area contributed by atoms with E-state index in [4.69, 9.17) is 10.2 Å². The summed E-state index contributed by atoms with van der Waals surface area (Å²) in [7, 11) is 0. The van der Waals surface area contributed by atoms with Gasteiger partial charge in [-0.15, -0.1) is 12.4 Å². The van der Waals surface area contributed by atoms with Crippen molar-refractivity contribution in [3.63, 3.8) is 0 Å². The summed E-state index contributed by atoms with van der Waals surface area (Å²) in [5.41, 5.74) is 7.72. The molecule has 2 aromatic rings. The summed E-state index contributed by atoms with van der Waals surface area (Å²) >= 11 is 0. The first kappa shape index (κ1) is 16.9. The second-order valence-corrected chi connectivity index (χ2v) is 5.82. The molecular formula is C16H21ClFN3O. The Bertz CT molecular complexity index is 602. The van der Waals surface area contributed by atoms with Crippen molar-refractivity contribution in [1.82, 2.24) is 9.88 Å². The zero-order chi connectivity index (χ0) is 14.8. The number of oxazole rings is 1. The van der Waals surface area contributed by atoms with Crippen LogP contribution in [0.3, 0.4) is 0 Å². The number of nitrogens with zero attached hydrogens (tertiary/aromatic N) is 2. The molecule has 22 heavy (non-hydrogen) atoms. The van der Waals surface area contributed by atoms with Crippen LogP contribution < -0.4 is 5.73 Å². The quantitative estimate of drug-likeness (QED) is 0.942. The van der Waals surface area contributed by atoms with E-state index in [9.17, 15) is 4.39 Å². The highest BCUT2D eigenvalue weighted by molar-refractivity contribution is 5.85. The van der Waals surface area contributed by atoms with Gasteiger partial charge in [-0.05, 0) is 36.6 Å². The van der Waals surface area contributed by atoms with E-state index in [-0.39, 0.29) is 18.2 Å². The predicted molar refractivity (Wildman–Crippen MR) is 86.2 cm³/mol. The molecule has 1 aromatic heterocycles. The van der Waals surface area contributed by atoms with Crippen molar-refractivity contribution in [2.75, 3.05) is 13.1 Å². The van der Waals surface area contributed by atoms with Crippen LogP contribution in [0.2, 0.25) is 0 Å². The van der Waals surface area contributed by atoms with Gasteiger partial charge in [-0.3, -0.25) is 4.90 Å². The van der Waals surface area contributed by atoms with Crippen LogP contribution in [0.15, 0.2) is 34.9 Å². The van der Waals surface area contributed by atoms with Crippen LogP contribution in [0.4, 0.5) is 4.39 Å². The Morgan fingerprint density at radius 2 is 2.09 bits per heavy atom. The second-order valence-electron chi connectivity index (χ2n) is 5.82. The van der Waals surface area contributed by atoms with Crippen LogP contribution in [0, 0.1) is 11.7 Å². The third-order valence-corrected chi connectivity index (χ3v) is 4.08. The molecule has 6 heteroatoms. The lowest BCUT2D eigenvalue weighted by Crippen LogP contribution is -2.45. The van der Waals surface area contributed by atoms with Crippen LogP contribution in [0.1, 0.15) is 19.0 Å². The van der Waals surface area contributed by atoms with Crippen molar-refractivity contribution in [1.29, 1.82) is 0 Å². The van der Waals surface area contributed by atoms with E-state index < -0.39 is 0 Å². The summed E-state index contributed by atoms with van der Waals surface area (Å²) in [5.74, 6) is 0.776. The largest absolute Gasteiger partial charge is 0.444 e. The maximum Gasteiger partial charge on any atom is 0.226 e. The Balaban J connectivity index is 0.00000176. The number of nitrogens with two attached hydrogens (primary N) is 1. The van der Waals surface area contributed by atoms with Gasteiger partial charge in [-0.1, -0.05) is 6.92 Å². The van der Waals surface area contributed by atoms with Crippen LogP contribution in [0.5, 0.6) is 0 Å². The van der Waals surface area contributed by atoms with Crippen LogP contribution in [0.25, 0.3) is 11.5 Å². The Labute approximate surface area is 135 Å². The van der Waals surface area contributed by atoms with Crippen LogP contribution in [-0.4, -0.2) is 29.0 Å². The third kappa shape index (κ3) is 3.85. The number of piperidine rings is 1. The average Bonchev–Trinajstić information content (AvgIpc) is 2.92. The topological polar surface area (TPSA) is 55.3 Å². The number of hydrogen-bond acceptors (Lipinski definition) is 4. The summed E-state index contributed by atoms with van der Waals surface area (Å²) in [6.45, 7) is 4.93. The highest BCUT2D eigenvalue weighted by Crippen LogP contribution is 2.21. The molecule has 0 radical (unpaired) electrons. The lowest BCUT2D eigenvalue weighted by Gasteiger charge is -2.34. The molecule has 120 valence electrons. The van der Waals surface area contributed by atoms with Crippen LogP contribution >= 0.6 is 12.4 Å². The van der Waals surface area contributed by atoms with E-state index in [0.717, 1.165) is 37.3 Å². The molecule has 1 aromatic carbocycles. The predicted octanol–water partition coefficient (Wildman–Crippen LogP) is 3.07. The van der Waals surface area contributed by atoms with E-state index in [2.05, 4.69) is 16.8 Å². The first-order chi connectivity index (χ1) is 10.1. The lowest BCUT2D eigenvalue weighted by atomic mass is 9.95. The number of aromatic nitrogens is 1. The van der Waals surface area contributed by atoms with Crippen molar-refractivity contribution in [3.05, 3.63) is 42.0 Å². The monoisotopic (exact) mass is 325 g/mol. The fourth-order valence-corrected chi connectivity index (χ4v) is 2.73. The summed E-state index contributed by atoms with van der Waals surface area (Å²) in [4.78, 5) is 6.83. The molecule has 0 saturated carbocycles. The van der Waals surface area contributed by atoms with E-state index in [1.807, 2.05) is 0 Å². The van der Waals surface area contributed by atoms with E-state index in [1.54, 1.807) is 18.4 Å². The molecule has 2 unspecified atom stereocenters. The summed E-state index contributed by atoms with van der Waals surface area (Å²) < 4.78 is 18.4. The Hall–Kier alpha value is -1.43. The third-order valence-electron chi connectivity index (χ3n) is 4.08. The molecule has 3 rings (SSSR count). The number of likely N-dealkylation sites (tertiary alicyclic amines) is 1. The molecule has 0 amide bonds. The van der Waals surface area contributed by atoms with Gasteiger partial charge in [0.2, 0.25) is 5.89 Å². The number of rotatable bonds is 3. The summed E-state index contributed by atoms with van der Waals surface area (Å²) in [5, 5.41) is 0. The maximum absolute atomic E-state index is 12.9. The van der Waals surface area contributed by atoms with Gasteiger partial charge in [0, 0.05) is 31.2 Å². The fraction of sp³-hybridized carbons (Fsp3) is 0.438. The molecule has 1 fully saturated rings. The molecule has 2 heterocycles. The average molecular weight is 326 g/mol. The van der Waals surface area contributed by atoms with Crippen molar-refractivity contribution in [2.45, 2.75) is 25.9 Å². The molecule has 2 atom stereocenters.